The Morgan fingerprint density at radius 1 is 1.14 bits per heavy atom. The molecule has 1 aromatic rings. The molecule has 1 aromatic carbocycles. The standard InChI is InChI=1S/C18H27NO2/c1-13(2)17-14(12-15-6-3-4-9-19-15)7-8-16-18(17)21-11-5-10-20-16/h7-8,13,15,19H,3-6,9-12H2,1-2H3. The second kappa shape index (κ2) is 6.69. The molecule has 3 heteroatoms. The van der Waals surface area contributed by atoms with Crippen LogP contribution in [0.3, 0.4) is 0 Å². The third-order valence-corrected chi connectivity index (χ3v) is 4.50. The van der Waals surface area contributed by atoms with E-state index in [1.807, 2.05) is 0 Å². The molecule has 0 aromatic heterocycles. The smallest absolute Gasteiger partial charge is 0.164 e. The molecule has 2 aliphatic heterocycles. The van der Waals surface area contributed by atoms with Crippen molar-refractivity contribution in [1.82, 2.24) is 5.32 Å². The van der Waals surface area contributed by atoms with E-state index in [1.54, 1.807) is 0 Å². The molecular weight excluding hydrogens is 262 g/mol. The van der Waals surface area contributed by atoms with Crippen LogP contribution in [0.2, 0.25) is 0 Å². The van der Waals surface area contributed by atoms with Crippen LogP contribution >= 0.6 is 0 Å². The van der Waals surface area contributed by atoms with Gasteiger partial charge in [0.2, 0.25) is 0 Å². The summed E-state index contributed by atoms with van der Waals surface area (Å²) in [6.45, 7) is 7.18. The van der Waals surface area contributed by atoms with E-state index in [-0.39, 0.29) is 0 Å². The van der Waals surface area contributed by atoms with Crippen LogP contribution in [0.15, 0.2) is 12.1 Å². The van der Waals surface area contributed by atoms with Crippen molar-refractivity contribution in [3.63, 3.8) is 0 Å². The monoisotopic (exact) mass is 289 g/mol. The van der Waals surface area contributed by atoms with Crippen molar-refractivity contribution in [2.75, 3.05) is 19.8 Å². The Balaban J connectivity index is 1.90. The zero-order valence-corrected chi connectivity index (χ0v) is 13.3. The van der Waals surface area contributed by atoms with Crippen molar-refractivity contribution in [3.8, 4) is 11.5 Å². The summed E-state index contributed by atoms with van der Waals surface area (Å²) >= 11 is 0. The molecule has 0 radical (unpaired) electrons. The first-order valence-corrected chi connectivity index (χ1v) is 8.40. The molecule has 2 heterocycles. The number of nitrogens with one attached hydrogen (secondary N) is 1. The fourth-order valence-corrected chi connectivity index (χ4v) is 3.47. The molecule has 0 spiro atoms. The van der Waals surface area contributed by atoms with Crippen molar-refractivity contribution < 1.29 is 9.47 Å². The highest BCUT2D eigenvalue weighted by Gasteiger charge is 2.22. The highest BCUT2D eigenvalue weighted by molar-refractivity contribution is 5.53. The van der Waals surface area contributed by atoms with E-state index in [0.29, 0.717) is 12.0 Å². The predicted molar refractivity (Wildman–Crippen MR) is 85.5 cm³/mol. The van der Waals surface area contributed by atoms with E-state index in [4.69, 9.17) is 9.47 Å². The fraction of sp³-hybridized carbons (Fsp3) is 0.667. The quantitative estimate of drug-likeness (QED) is 0.921. The Kier molecular flexibility index (Phi) is 4.69. The van der Waals surface area contributed by atoms with Gasteiger partial charge in [0.15, 0.2) is 11.5 Å². The summed E-state index contributed by atoms with van der Waals surface area (Å²) in [4.78, 5) is 0. The zero-order chi connectivity index (χ0) is 14.7. The van der Waals surface area contributed by atoms with Crippen molar-refractivity contribution in [1.29, 1.82) is 0 Å². The van der Waals surface area contributed by atoms with Crippen LogP contribution in [0.25, 0.3) is 0 Å². The van der Waals surface area contributed by atoms with E-state index in [2.05, 4.69) is 31.3 Å². The Morgan fingerprint density at radius 3 is 2.76 bits per heavy atom. The molecule has 0 bridgehead atoms. The molecule has 1 atom stereocenters. The predicted octanol–water partition coefficient (Wildman–Crippen LogP) is 3.66. The molecule has 116 valence electrons. The maximum Gasteiger partial charge on any atom is 0.164 e. The maximum atomic E-state index is 6.03. The van der Waals surface area contributed by atoms with Gasteiger partial charge in [0, 0.05) is 18.0 Å². The molecule has 1 saturated heterocycles. The number of benzene rings is 1. The first-order chi connectivity index (χ1) is 10.3. The Labute approximate surface area is 128 Å². The van der Waals surface area contributed by atoms with Crippen molar-refractivity contribution >= 4 is 0 Å². The number of piperidine rings is 1. The number of hydrogen-bond donors (Lipinski definition) is 1. The van der Waals surface area contributed by atoms with Gasteiger partial charge in [-0.1, -0.05) is 26.3 Å². The van der Waals surface area contributed by atoms with Gasteiger partial charge in [0.1, 0.15) is 0 Å². The van der Waals surface area contributed by atoms with Gasteiger partial charge >= 0.3 is 0 Å². The van der Waals surface area contributed by atoms with Crippen LogP contribution in [0.5, 0.6) is 11.5 Å². The molecule has 0 aliphatic carbocycles. The Bertz CT molecular complexity index is 478. The van der Waals surface area contributed by atoms with Crippen LogP contribution in [0.4, 0.5) is 0 Å². The number of rotatable bonds is 3. The number of hydrogen-bond acceptors (Lipinski definition) is 3. The normalized spacial score (nSPS) is 22.1. The topological polar surface area (TPSA) is 30.5 Å². The lowest BCUT2D eigenvalue weighted by Gasteiger charge is -2.26. The molecule has 2 aliphatic rings. The van der Waals surface area contributed by atoms with E-state index in [0.717, 1.165) is 44.1 Å². The van der Waals surface area contributed by atoms with Crippen LogP contribution in [-0.4, -0.2) is 25.8 Å². The lowest BCUT2D eigenvalue weighted by atomic mass is 9.89. The molecule has 21 heavy (non-hydrogen) atoms. The highest BCUT2D eigenvalue weighted by atomic mass is 16.5. The van der Waals surface area contributed by atoms with Gasteiger partial charge in [-0.15, -0.1) is 0 Å². The molecule has 0 saturated carbocycles. The van der Waals surface area contributed by atoms with Crippen LogP contribution in [0.1, 0.15) is 56.6 Å². The summed E-state index contributed by atoms with van der Waals surface area (Å²) < 4.78 is 11.9. The maximum absolute atomic E-state index is 6.03. The molecule has 1 N–H and O–H groups in total. The lowest BCUT2D eigenvalue weighted by molar-refractivity contribution is 0.295. The lowest BCUT2D eigenvalue weighted by Crippen LogP contribution is -2.35. The largest absolute Gasteiger partial charge is 0.490 e. The van der Waals surface area contributed by atoms with Gasteiger partial charge < -0.3 is 14.8 Å². The van der Waals surface area contributed by atoms with E-state index >= 15 is 0 Å². The molecule has 1 fully saturated rings. The summed E-state index contributed by atoms with van der Waals surface area (Å²) in [5.41, 5.74) is 2.77. The fourth-order valence-electron chi connectivity index (χ4n) is 3.47. The minimum Gasteiger partial charge on any atom is -0.490 e. The second-order valence-electron chi connectivity index (χ2n) is 6.52. The number of fused-ring (bicyclic) bond motifs is 1. The van der Waals surface area contributed by atoms with Gasteiger partial charge in [-0.2, -0.15) is 0 Å². The Hall–Kier alpha value is -1.22. The van der Waals surface area contributed by atoms with Gasteiger partial charge in [-0.3, -0.25) is 0 Å². The summed E-state index contributed by atoms with van der Waals surface area (Å²) in [5, 5.41) is 3.65. The highest BCUT2D eigenvalue weighted by Crippen LogP contribution is 2.40. The van der Waals surface area contributed by atoms with Crippen LogP contribution in [0, 0.1) is 0 Å². The van der Waals surface area contributed by atoms with E-state index in [1.165, 1.54) is 30.4 Å². The van der Waals surface area contributed by atoms with E-state index < -0.39 is 0 Å². The summed E-state index contributed by atoms with van der Waals surface area (Å²) in [7, 11) is 0. The molecule has 3 nitrogen and oxygen atoms in total. The zero-order valence-electron chi connectivity index (χ0n) is 13.3. The SMILES string of the molecule is CC(C)c1c(CC2CCCCN2)ccc2c1OCCCO2. The number of ether oxygens (including phenoxy) is 2. The summed E-state index contributed by atoms with van der Waals surface area (Å²) in [5.74, 6) is 2.38. The average Bonchev–Trinajstić information content (AvgIpc) is 2.73. The third kappa shape index (κ3) is 3.34. The van der Waals surface area contributed by atoms with Crippen molar-refractivity contribution in [2.45, 2.75) is 57.9 Å². The second-order valence-corrected chi connectivity index (χ2v) is 6.52. The van der Waals surface area contributed by atoms with Gasteiger partial charge in [-0.05, 0) is 43.4 Å². The minimum absolute atomic E-state index is 0.459. The first kappa shape index (κ1) is 14.7. The third-order valence-electron chi connectivity index (χ3n) is 4.50. The van der Waals surface area contributed by atoms with Gasteiger partial charge in [0.25, 0.3) is 0 Å². The average molecular weight is 289 g/mol. The summed E-state index contributed by atoms with van der Waals surface area (Å²) in [6.07, 6.45) is 6.01. The molecule has 1 unspecified atom stereocenters. The first-order valence-electron chi connectivity index (χ1n) is 8.40. The van der Waals surface area contributed by atoms with Crippen LogP contribution in [-0.2, 0) is 6.42 Å². The van der Waals surface area contributed by atoms with Gasteiger partial charge in [0.05, 0.1) is 13.2 Å². The summed E-state index contributed by atoms with van der Waals surface area (Å²) in [6, 6.07) is 4.96. The van der Waals surface area contributed by atoms with Crippen LogP contribution < -0.4 is 14.8 Å². The Morgan fingerprint density at radius 2 is 2.00 bits per heavy atom. The van der Waals surface area contributed by atoms with E-state index in [9.17, 15) is 0 Å². The molecular formula is C18H27NO2. The van der Waals surface area contributed by atoms with Gasteiger partial charge in [-0.25, -0.2) is 0 Å². The molecule has 3 rings (SSSR count). The van der Waals surface area contributed by atoms with Crippen molar-refractivity contribution in [3.05, 3.63) is 23.3 Å². The minimum atomic E-state index is 0.459. The van der Waals surface area contributed by atoms with Crippen molar-refractivity contribution in [2.24, 2.45) is 0 Å². The molecule has 0 amide bonds.